The van der Waals surface area contributed by atoms with Gasteiger partial charge in [-0.3, -0.25) is 0 Å². The van der Waals surface area contributed by atoms with E-state index in [-0.39, 0.29) is 48.3 Å². The number of fused-ring (bicyclic) bond motifs is 1. The van der Waals surface area contributed by atoms with E-state index in [4.69, 9.17) is 4.74 Å². The SMILES string of the molecule is CC(C)NC(=O)N(C)C[C@@H]1Oc2cc(C#Cc3cccc(F)c3)ccc2S(=O)(=O)N([C@@H](C)CO)C[C@@H]1C. The number of benzene rings is 2. The molecule has 1 aliphatic heterocycles. The summed E-state index contributed by atoms with van der Waals surface area (Å²) in [7, 11) is -2.35. The number of carbonyl (C=O) groups excluding carboxylic acids is 1. The highest BCUT2D eigenvalue weighted by Crippen LogP contribution is 2.34. The molecule has 0 bridgehead atoms. The molecular weight excluding hydrogens is 497 g/mol. The second kappa shape index (κ2) is 11.9. The third-order valence-electron chi connectivity index (χ3n) is 6.06. The third-order valence-corrected chi connectivity index (χ3v) is 8.08. The lowest BCUT2D eigenvalue weighted by atomic mass is 10.0. The fourth-order valence-electron chi connectivity index (χ4n) is 3.94. The summed E-state index contributed by atoms with van der Waals surface area (Å²) in [6.07, 6.45) is -0.544. The zero-order valence-corrected chi connectivity index (χ0v) is 22.5. The van der Waals surface area contributed by atoms with Crippen molar-refractivity contribution >= 4 is 16.1 Å². The van der Waals surface area contributed by atoms with Crippen molar-refractivity contribution < 1.29 is 27.4 Å². The van der Waals surface area contributed by atoms with E-state index in [1.807, 2.05) is 20.8 Å². The predicted molar refractivity (Wildman–Crippen MR) is 139 cm³/mol. The molecule has 0 aromatic heterocycles. The molecule has 2 N–H and O–H groups in total. The van der Waals surface area contributed by atoms with Gasteiger partial charge in [0.2, 0.25) is 10.0 Å². The molecule has 2 aromatic rings. The molecule has 3 rings (SSSR count). The van der Waals surface area contributed by atoms with Gasteiger partial charge in [-0.2, -0.15) is 4.31 Å². The normalized spacial score (nSPS) is 19.9. The maximum absolute atomic E-state index is 13.6. The first kappa shape index (κ1) is 28.4. The molecule has 1 aliphatic rings. The Bertz CT molecular complexity index is 1290. The average molecular weight is 532 g/mol. The van der Waals surface area contributed by atoms with Gasteiger partial charge in [-0.25, -0.2) is 17.6 Å². The number of amides is 2. The lowest BCUT2D eigenvalue weighted by Gasteiger charge is -2.37. The van der Waals surface area contributed by atoms with Crippen LogP contribution in [0.15, 0.2) is 47.4 Å². The highest BCUT2D eigenvalue weighted by Gasteiger charge is 2.38. The third kappa shape index (κ3) is 7.01. The van der Waals surface area contributed by atoms with Crippen molar-refractivity contribution in [1.82, 2.24) is 14.5 Å². The van der Waals surface area contributed by atoms with Crippen molar-refractivity contribution in [3.05, 3.63) is 59.4 Å². The van der Waals surface area contributed by atoms with Crippen LogP contribution in [-0.2, 0) is 10.0 Å². The number of rotatable bonds is 5. The van der Waals surface area contributed by atoms with E-state index >= 15 is 0 Å². The van der Waals surface area contributed by atoms with Gasteiger partial charge in [-0.05, 0) is 57.2 Å². The zero-order chi connectivity index (χ0) is 27.3. The van der Waals surface area contributed by atoms with Crippen molar-refractivity contribution in [3.63, 3.8) is 0 Å². The second-order valence-corrected chi connectivity index (χ2v) is 11.5. The molecule has 2 amide bonds. The summed E-state index contributed by atoms with van der Waals surface area (Å²) in [4.78, 5) is 14.0. The number of carbonyl (C=O) groups is 1. The standard InChI is InChI=1S/C27H34FN3O5S/c1-18(2)29-27(33)30(5)16-25-19(3)15-31(20(4)17-32)37(34,35)26-12-11-22(14-24(26)36-25)10-9-21-7-6-8-23(28)13-21/h6-8,11-14,18-20,25,32H,15-17H2,1-5H3,(H,29,33)/t19-,20-,25-/m0/s1. The Morgan fingerprint density at radius 2 is 1.89 bits per heavy atom. The number of nitrogens with one attached hydrogen (secondary N) is 1. The molecule has 10 heteroatoms. The van der Waals surface area contributed by atoms with E-state index in [2.05, 4.69) is 17.2 Å². The molecule has 37 heavy (non-hydrogen) atoms. The Kier molecular flexibility index (Phi) is 9.18. The van der Waals surface area contributed by atoms with E-state index in [1.54, 1.807) is 38.2 Å². The maximum atomic E-state index is 13.6. The minimum absolute atomic E-state index is 0.0448. The molecule has 0 saturated carbocycles. The molecule has 0 spiro atoms. The summed E-state index contributed by atoms with van der Waals surface area (Å²) in [5.41, 5.74) is 0.963. The van der Waals surface area contributed by atoms with Crippen LogP contribution >= 0.6 is 0 Å². The summed E-state index contributed by atoms with van der Waals surface area (Å²) in [5.74, 6) is 5.21. The first-order valence-corrected chi connectivity index (χ1v) is 13.6. The van der Waals surface area contributed by atoms with E-state index in [0.29, 0.717) is 11.1 Å². The summed E-state index contributed by atoms with van der Waals surface area (Å²) >= 11 is 0. The van der Waals surface area contributed by atoms with Gasteiger partial charge in [0.05, 0.1) is 13.2 Å². The smallest absolute Gasteiger partial charge is 0.317 e. The van der Waals surface area contributed by atoms with Gasteiger partial charge in [-0.15, -0.1) is 0 Å². The topological polar surface area (TPSA) is 99.2 Å². The number of nitrogens with zero attached hydrogens (tertiary/aromatic N) is 2. The zero-order valence-electron chi connectivity index (χ0n) is 21.7. The van der Waals surface area contributed by atoms with Crippen LogP contribution in [0, 0.1) is 23.6 Å². The summed E-state index contributed by atoms with van der Waals surface area (Å²) in [6, 6.07) is 9.44. The van der Waals surface area contributed by atoms with E-state index in [9.17, 15) is 22.7 Å². The molecule has 0 unspecified atom stereocenters. The summed E-state index contributed by atoms with van der Waals surface area (Å²) in [5, 5.41) is 12.6. The number of sulfonamides is 1. The summed E-state index contributed by atoms with van der Waals surface area (Å²) in [6.45, 7) is 7.19. The van der Waals surface area contributed by atoms with Crippen LogP contribution in [0.3, 0.4) is 0 Å². The van der Waals surface area contributed by atoms with Crippen molar-refractivity contribution in [2.75, 3.05) is 26.7 Å². The van der Waals surface area contributed by atoms with Crippen molar-refractivity contribution in [3.8, 4) is 17.6 Å². The highest BCUT2D eigenvalue weighted by molar-refractivity contribution is 7.89. The Balaban J connectivity index is 2.03. The van der Waals surface area contributed by atoms with Crippen LogP contribution in [0.1, 0.15) is 38.8 Å². The second-order valence-electron chi connectivity index (χ2n) is 9.65. The number of hydrogen-bond donors (Lipinski definition) is 2. The van der Waals surface area contributed by atoms with Gasteiger partial charge < -0.3 is 20.1 Å². The van der Waals surface area contributed by atoms with Crippen LogP contribution in [0.2, 0.25) is 0 Å². The Hall–Kier alpha value is -3.13. The highest BCUT2D eigenvalue weighted by atomic mass is 32.2. The molecule has 0 saturated heterocycles. The van der Waals surface area contributed by atoms with Gasteiger partial charge in [0.25, 0.3) is 0 Å². The number of likely N-dealkylation sites (N-methyl/N-ethyl adjacent to an activating group) is 1. The number of halogens is 1. The number of urea groups is 1. The van der Waals surface area contributed by atoms with Gasteiger partial charge in [0.1, 0.15) is 22.6 Å². The minimum Gasteiger partial charge on any atom is -0.487 e. The first-order valence-electron chi connectivity index (χ1n) is 12.1. The molecule has 8 nitrogen and oxygen atoms in total. The molecule has 2 aromatic carbocycles. The molecule has 200 valence electrons. The van der Waals surface area contributed by atoms with Gasteiger partial charge in [0, 0.05) is 42.7 Å². The largest absolute Gasteiger partial charge is 0.487 e. The first-order chi connectivity index (χ1) is 17.4. The van der Waals surface area contributed by atoms with Gasteiger partial charge in [0.15, 0.2) is 0 Å². The van der Waals surface area contributed by atoms with E-state index < -0.39 is 28.0 Å². The van der Waals surface area contributed by atoms with E-state index in [0.717, 1.165) is 0 Å². The monoisotopic (exact) mass is 531 g/mol. The lowest BCUT2D eigenvalue weighted by molar-refractivity contribution is 0.0809. The number of hydrogen-bond acceptors (Lipinski definition) is 5. The van der Waals surface area contributed by atoms with Crippen LogP contribution in [0.25, 0.3) is 0 Å². The van der Waals surface area contributed by atoms with Gasteiger partial charge >= 0.3 is 6.03 Å². The molecular formula is C27H34FN3O5S. The fraction of sp³-hybridized carbons (Fsp3) is 0.444. The predicted octanol–water partition coefficient (Wildman–Crippen LogP) is 3.04. The molecule has 0 fully saturated rings. The Labute approximate surface area is 218 Å². The van der Waals surface area contributed by atoms with Crippen molar-refractivity contribution in [1.29, 1.82) is 0 Å². The van der Waals surface area contributed by atoms with Crippen LogP contribution < -0.4 is 10.1 Å². The van der Waals surface area contributed by atoms with Crippen LogP contribution in [0.4, 0.5) is 9.18 Å². The van der Waals surface area contributed by atoms with Crippen LogP contribution in [-0.4, -0.2) is 73.7 Å². The quantitative estimate of drug-likeness (QED) is 0.578. The van der Waals surface area contributed by atoms with Crippen molar-refractivity contribution in [2.24, 2.45) is 5.92 Å². The van der Waals surface area contributed by atoms with Crippen molar-refractivity contribution in [2.45, 2.75) is 50.8 Å². The minimum atomic E-state index is -4.00. The lowest BCUT2D eigenvalue weighted by Crippen LogP contribution is -2.51. The average Bonchev–Trinajstić information content (AvgIpc) is 2.83. The molecule has 0 aliphatic carbocycles. The fourth-order valence-corrected chi connectivity index (χ4v) is 5.77. The van der Waals surface area contributed by atoms with Gasteiger partial charge in [-0.1, -0.05) is 24.8 Å². The van der Waals surface area contributed by atoms with E-state index in [1.165, 1.54) is 27.4 Å². The maximum Gasteiger partial charge on any atom is 0.317 e. The Morgan fingerprint density at radius 3 is 2.51 bits per heavy atom. The molecule has 3 atom stereocenters. The Morgan fingerprint density at radius 1 is 1.22 bits per heavy atom. The number of ether oxygens (including phenoxy) is 1. The van der Waals surface area contributed by atoms with Crippen LogP contribution in [0.5, 0.6) is 5.75 Å². The number of aliphatic hydroxyl groups is 1. The number of aliphatic hydroxyl groups excluding tert-OH is 1. The molecule has 0 radical (unpaired) electrons. The summed E-state index contributed by atoms with van der Waals surface area (Å²) < 4.78 is 48.2. The molecule has 1 heterocycles.